The Morgan fingerprint density at radius 3 is 2.11 bits per heavy atom. The minimum atomic E-state index is -0.132. The first-order valence-corrected chi connectivity index (χ1v) is 9.86. The molecule has 2 atom stereocenters. The van der Waals surface area contributed by atoms with Crippen molar-refractivity contribution >= 4 is 28.3 Å². The van der Waals surface area contributed by atoms with Gasteiger partial charge in [-0.2, -0.15) is 0 Å². The van der Waals surface area contributed by atoms with Gasteiger partial charge >= 0.3 is 0 Å². The zero-order valence-corrected chi connectivity index (χ0v) is 15.5. The SMILES string of the molecule is O=C1[C@@H]2CCCC[C@H]2C(=O)N1c1ccc(Oc2cccc3ccccc23)cc1. The molecule has 1 aliphatic carbocycles. The van der Waals surface area contributed by atoms with Crippen LogP contribution < -0.4 is 9.64 Å². The molecule has 0 spiro atoms. The maximum absolute atomic E-state index is 12.7. The molecule has 1 saturated heterocycles. The van der Waals surface area contributed by atoms with Gasteiger partial charge in [0.05, 0.1) is 17.5 Å². The lowest BCUT2D eigenvalue weighted by Gasteiger charge is -2.19. The molecule has 4 nitrogen and oxygen atoms in total. The van der Waals surface area contributed by atoms with Crippen molar-refractivity contribution in [1.29, 1.82) is 0 Å². The fraction of sp³-hybridized carbons (Fsp3) is 0.250. The van der Waals surface area contributed by atoms with E-state index in [0.29, 0.717) is 11.4 Å². The van der Waals surface area contributed by atoms with Crippen LogP contribution in [0.2, 0.25) is 0 Å². The third-order valence-electron chi connectivity index (χ3n) is 5.91. The maximum Gasteiger partial charge on any atom is 0.237 e. The second-order valence-corrected chi connectivity index (χ2v) is 7.58. The summed E-state index contributed by atoms with van der Waals surface area (Å²) in [6.45, 7) is 0. The molecule has 0 aromatic heterocycles. The van der Waals surface area contributed by atoms with Crippen molar-refractivity contribution in [3.63, 3.8) is 0 Å². The molecule has 0 radical (unpaired) electrons. The van der Waals surface area contributed by atoms with E-state index in [2.05, 4.69) is 12.1 Å². The van der Waals surface area contributed by atoms with E-state index in [1.165, 1.54) is 4.90 Å². The van der Waals surface area contributed by atoms with Gasteiger partial charge in [0.25, 0.3) is 0 Å². The van der Waals surface area contributed by atoms with Crippen molar-refractivity contribution in [3.05, 3.63) is 66.7 Å². The van der Waals surface area contributed by atoms with Crippen LogP contribution in [0.4, 0.5) is 5.69 Å². The molecule has 3 aromatic rings. The van der Waals surface area contributed by atoms with Crippen LogP contribution in [0.3, 0.4) is 0 Å². The van der Waals surface area contributed by atoms with E-state index in [-0.39, 0.29) is 23.7 Å². The predicted molar refractivity (Wildman–Crippen MR) is 108 cm³/mol. The summed E-state index contributed by atoms with van der Waals surface area (Å²) in [5.41, 5.74) is 0.634. The predicted octanol–water partition coefficient (Wildman–Crippen LogP) is 5.31. The molecule has 5 rings (SSSR count). The van der Waals surface area contributed by atoms with Crippen molar-refractivity contribution in [2.45, 2.75) is 25.7 Å². The molecule has 2 amide bonds. The van der Waals surface area contributed by atoms with Crippen molar-refractivity contribution < 1.29 is 14.3 Å². The number of carbonyl (C=O) groups is 2. The van der Waals surface area contributed by atoms with Crippen LogP contribution in [0.1, 0.15) is 25.7 Å². The van der Waals surface area contributed by atoms with Crippen LogP contribution in [0.5, 0.6) is 11.5 Å². The van der Waals surface area contributed by atoms with Gasteiger partial charge in [-0.1, -0.05) is 49.2 Å². The standard InChI is InChI=1S/C24H21NO3/c26-23-20-9-3-4-10-21(20)24(27)25(23)17-12-14-18(15-13-17)28-22-11-5-7-16-6-1-2-8-19(16)22/h1-2,5-8,11-15,20-21H,3-4,9-10H2/t20-,21-/m1/s1. The van der Waals surface area contributed by atoms with E-state index < -0.39 is 0 Å². The van der Waals surface area contributed by atoms with Gasteiger partial charge in [0.15, 0.2) is 0 Å². The van der Waals surface area contributed by atoms with E-state index in [1.807, 2.05) is 42.5 Å². The Labute approximate surface area is 163 Å². The summed E-state index contributed by atoms with van der Waals surface area (Å²) in [6.07, 6.45) is 3.72. The Balaban J connectivity index is 1.40. The van der Waals surface area contributed by atoms with Crippen LogP contribution >= 0.6 is 0 Å². The number of amides is 2. The highest BCUT2D eigenvalue weighted by Crippen LogP contribution is 2.40. The number of ether oxygens (including phenoxy) is 1. The Kier molecular flexibility index (Phi) is 4.12. The molecular formula is C24H21NO3. The fourth-order valence-electron chi connectivity index (χ4n) is 4.49. The molecular weight excluding hydrogens is 350 g/mol. The number of hydrogen-bond acceptors (Lipinski definition) is 3. The third kappa shape index (κ3) is 2.76. The van der Waals surface area contributed by atoms with Gasteiger partial charge in [-0.05, 0) is 48.6 Å². The summed E-state index contributed by atoms with van der Waals surface area (Å²) >= 11 is 0. The molecule has 0 N–H and O–H groups in total. The van der Waals surface area contributed by atoms with Gasteiger partial charge in [0, 0.05) is 5.39 Å². The first-order valence-electron chi connectivity index (χ1n) is 9.86. The first-order chi connectivity index (χ1) is 13.7. The van der Waals surface area contributed by atoms with Crippen LogP contribution in [0, 0.1) is 11.8 Å². The topological polar surface area (TPSA) is 46.6 Å². The average Bonchev–Trinajstić information content (AvgIpc) is 3.00. The summed E-state index contributed by atoms with van der Waals surface area (Å²) in [6, 6.07) is 21.3. The second kappa shape index (κ2) is 6.79. The number of rotatable bonds is 3. The highest BCUT2D eigenvalue weighted by atomic mass is 16.5. The minimum Gasteiger partial charge on any atom is -0.457 e. The zero-order valence-electron chi connectivity index (χ0n) is 15.5. The van der Waals surface area contributed by atoms with Gasteiger partial charge in [-0.3, -0.25) is 14.5 Å². The van der Waals surface area contributed by atoms with E-state index in [4.69, 9.17) is 4.74 Å². The summed E-state index contributed by atoms with van der Waals surface area (Å²) < 4.78 is 6.07. The number of nitrogens with zero attached hydrogens (tertiary/aromatic N) is 1. The number of benzene rings is 3. The number of anilines is 1. The van der Waals surface area contributed by atoms with Crippen molar-refractivity contribution in [2.75, 3.05) is 4.90 Å². The molecule has 140 valence electrons. The van der Waals surface area contributed by atoms with Gasteiger partial charge in [0.2, 0.25) is 11.8 Å². The zero-order chi connectivity index (χ0) is 19.1. The monoisotopic (exact) mass is 371 g/mol. The normalized spacial score (nSPS) is 21.8. The van der Waals surface area contributed by atoms with Gasteiger partial charge < -0.3 is 4.74 Å². The van der Waals surface area contributed by atoms with Crippen LogP contribution in [0.15, 0.2) is 66.7 Å². The average molecular weight is 371 g/mol. The van der Waals surface area contributed by atoms with E-state index in [0.717, 1.165) is 42.2 Å². The Hall–Kier alpha value is -3.14. The van der Waals surface area contributed by atoms with E-state index in [1.54, 1.807) is 12.1 Å². The minimum absolute atomic E-state index is 0.0441. The molecule has 1 heterocycles. The molecule has 2 aliphatic rings. The number of hydrogen-bond donors (Lipinski definition) is 0. The van der Waals surface area contributed by atoms with Crippen molar-refractivity contribution in [3.8, 4) is 11.5 Å². The molecule has 1 saturated carbocycles. The fourth-order valence-corrected chi connectivity index (χ4v) is 4.49. The highest BCUT2D eigenvalue weighted by molar-refractivity contribution is 6.22. The van der Waals surface area contributed by atoms with Crippen molar-refractivity contribution in [1.82, 2.24) is 0 Å². The van der Waals surface area contributed by atoms with Gasteiger partial charge in [0.1, 0.15) is 11.5 Å². The molecule has 0 unspecified atom stereocenters. The Morgan fingerprint density at radius 2 is 1.39 bits per heavy atom. The summed E-state index contributed by atoms with van der Waals surface area (Å²) in [7, 11) is 0. The molecule has 3 aromatic carbocycles. The smallest absolute Gasteiger partial charge is 0.237 e. The lowest BCUT2D eigenvalue weighted by molar-refractivity contribution is -0.122. The quantitative estimate of drug-likeness (QED) is 0.586. The van der Waals surface area contributed by atoms with Crippen LogP contribution in [0.25, 0.3) is 10.8 Å². The van der Waals surface area contributed by atoms with Gasteiger partial charge in [-0.15, -0.1) is 0 Å². The van der Waals surface area contributed by atoms with Crippen molar-refractivity contribution in [2.24, 2.45) is 11.8 Å². The Bertz CT molecular complexity index is 1030. The van der Waals surface area contributed by atoms with E-state index in [9.17, 15) is 9.59 Å². The number of imide groups is 1. The summed E-state index contributed by atoms with van der Waals surface area (Å²) in [5.74, 6) is 1.11. The molecule has 0 bridgehead atoms. The molecule has 1 aliphatic heterocycles. The summed E-state index contributed by atoms with van der Waals surface area (Å²) in [5, 5.41) is 2.16. The molecule has 28 heavy (non-hydrogen) atoms. The second-order valence-electron chi connectivity index (χ2n) is 7.58. The van der Waals surface area contributed by atoms with Gasteiger partial charge in [-0.25, -0.2) is 0 Å². The molecule has 2 fully saturated rings. The van der Waals surface area contributed by atoms with Crippen LogP contribution in [-0.2, 0) is 9.59 Å². The first kappa shape index (κ1) is 17.0. The summed E-state index contributed by atoms with van der Waals surface area (Å²) in [4.78, 5) is 26.9. The number of fused-ring (bicyclic) bond motifs is 2. The highest BCUT2D eigenvalue weighted by Gasteiger charge is 2.48. The largest absolute Gasteiger partial charge is 0.457 e. The Morgan fingerprint density at radius 1 is 0.750 bits per heavy atom. The third-order valence-corrected chi connectivity index (χ3v) is 5.91. The van der Waals surface area contributed by atoms with Crippen LogP contribution in [-0.4, -0.2) is 11.8 Å². The lowest BCUT2D eigenvalue weighted by Crippen LogP contribution is -2.30. The van der Waals surface area contributed by atoms with E-state index >= 15 is 0 Å². The molecule has 4 heteroatoms. The number of carbonyl (C=O) groups excluding carboxylic acids is 2. The lowest BCUT2D eigenvalue weighted by atomic mass is 9.81. The maximum atomic E-state index is 12.7.